The van der Waals surface area contributed by atoms with Gasteiger partial charge in [-0.05, 0) is 35.4 Å². The third kappa shape index (κ3) is 5.70. The van der Waals surface area contributed by atoms with Gasteiger partial charge in [-0.25, -0.2) is 4.79 Å². The predicted octanol–water partition coefficient (Wildman–Crippen LogP) is 3.67. The van der Waals surface area contributed by atoms with Crippen LogP contribution in [0.5, 0.6) is 0 Å². The maximum Gasteiger partial charge on any atom is 0.326 e. The van der Waals surface area contributed by atoms with Gasteiger partial charge in [0, 0.05) is 23.6 Å². The molecule has 0 saturated heterocycles. The van der Waals surface area contributed by atoms with E-state index in [-0.39, 0.29) is 24.3 Å². The molecule has 0 unspecified atom stereocenters. The Bertz CT molecular complexity index is 1190. The average molecular weight is 450 g/mol. The number of nitro groups is 1. The summed E-state index contributed by atoms with van der Waals surface area (Å²) in [7, 11) is 0. The fraction of sp³-hybridized carbons (Fsp3) is 0.208. The fourth-order valence-corrected chi connectivity index (χ4v) is 3.56. The maximum atomic E-state index is 12.9. The van der Waals surface area contributed by atoms with Gasteiger partial charge in [-0.1, -0.05) is 42.5 Å². The number of amides is 1. The van der Waals surface area contributed by atoms with Crippen LogP contribution >= 0.6 is 0 Å². The van der Waals surface area contributed by atoms with Crippen LogP contribution in [0, 0.1) is 10.1 Å². The number of carbonyl (C=O) groups excluding carboxylic acids is 2. The summed E-state index contributed by atoms with van der Waals surface area (Å²) in [6, 6.07) is 16.1. The Labute approximate surface area is 189 Å². The van der Waals surface area contributed by atoms with E-state index in [0.29, 0.717) is 5.56 Å². The zero-order valence-corrected chi connectivity index (χ0v) is 17.8. The Hall–Kier alpha value is -4.27. The molecule has 9 nitrogen and oxygen atoms in total. The van der Waals surface area contributed by atoms with Gasteiger partial charge in [0.15, 0.2) is 0 Å². The minimum Gasteiger partial charge on any atom is -0.480 e. The number of hydrogen-bond acceptors (Lipinski definition) is 6. The number of nitrogens with zero attached hydrogens (tertiary/aromatic N) is 1. The van der Waals surface area contributed by atoms with Gasteiger partial charge < -0.3 is 15.2 Å². The van der Waals surface area contributed by atoms with Crippen molar-refractivity contribution in [2.45, 2.75) is 25.3 Å². The monoisotopic (exact) mass is 450 g/mol. The predicted molar refractivity (Wildman–Crippen MR) is 120 cm³/mol. The number of fused-ring (bicyclic) bond motifs is 1. The number of hydrogen-bond donors (Lipinski definition) is 2. The van der Waals surface area contributed by atoms with Gasteiger partial charge in [0.1, 0.15) is 6.04 Å². The van der Waals surface area contributed by atoms with Crippen LogP contribution in [-0.4, -0.2) is 40.5 Å². The van der Waals surface area contributed by atoms with Crippen molar-refractivity contribution in [3.63, 3.8) is 0 Å². The first kappa shape index (κ1) is 23.4. The molecule has 0 heterocycles. The molecule has 0 aromatic heterocycles. The van der Waals surface area contributed by atoms with Crippen LogP contribution in [0.3, 0.4) is 0 Å². The van der Waals surface area contributed by atoms with E-state index in [1.54, 1.807) is 25.1 Å². The van der Waals surface area contributed by atoms with E-state index in [2.05, 4.69) is 5.32 Å². The molecule has 0 aliphatic carbocycles. The summed E-state index contributed by atoms with van der Waals surface area (Å²) in [5.41, 5.74) is 0.430. The van der Waals surface area contributed by atoms with Crippen LogP contribution in [0.25, 0.3) is 10.8 Å². The average Bonchev–Trinajstić information content (AvgIpc) is 2.81. The zero-order chi connectivity index (χ0) is 24.0. The number of rotatable bonds is 9. The molecule has 0 aliphatic rings. The molecule has 0 radical (unpaired) electrons. The first-order chi connectivity index (χ1) is 15.8. The van der Waals surface area contributed by atoms with Gasteiger partial charge in [-0.3, -0.25) is 19.7 Å². The highest BCUT2D eigenvalue weighted by atomic mass is 16.6. The normalized spacial score (nSPS) is 12.5. The van der Waals surface area contributed by atoms with Gasteiger partial charge in [0.2, 0.25) is 0 Å². The van der Waals surface area contributed by atoms with Crippen LogP contribution in [0.4, 0.5) is 5.69 Å². The quantitative estimate of drug-likeness (QED) is 0.288. The Balaban J connectivity index is 1.92. The molecule has 0 aliphatic heterocycles. The lowest BCUT2D eigenvalue weighted by Crippen LogP contribution is -2.45. The minimum absolute atomic E-state index is 0.104. The molecule has 170 valence electrons. The van der Waals surface area contributed by atoms with Crippen LogP contribution in [0.15, 0.2) is 66.7 Å². The second-order valence-electron chi connectivity index (χ2n) is 7.32. The largest absolute Gasteiger partial charge is 0.480 e. The number of carboxylic acid groups (broad SMARTS) is 1. The van der Waals surface area contributed by atoms with Crippen LogP contribution in [0.2, 0.25) is 0 Å². The van der Waals surface area contributed by atoms with E-state index in [9.17, 15) is 29.6 Å². The number of carbonyl (C=O) groups is 3. The number of nitro benzene ring substituents is 1. The van der Waals surface area contributed by atoms with Crippen molar-refractivity contribution in [1.82, 2.24) is 5.32 Å². The fourth-order valence-electron chi connectivity index (χ4n) is 3.56. The number of aliphatic carboxylic acids is 1. The number of carboxylic acids is 1. The van der Waals surface area contributed by atoms with E-state index in [0.717, 1.165) is 10.8 Å². The molecule has 3 aromatic rings. The Kier molecular flexibility index (Phi) is 7.34. The number of benzene rings is 3. The summed E-state index contributed by atoms with van der Waals surface area (Å²) in [6.45, 7) is 1.72. The first-order valence-corrected chi connectivity index (χ1v) is 10.2. The number of nitrogens with one attached hydrogen (secondary N) is 1. The Morgan fingerprint density at radius 2 is 1.70 bits per heavy atom. The lowest BCUT2D eigenvalue weighted by molar-refractivity contribution is -0.384. The second-order valence-corrected chi connectivity index (χ2v) is 7.32. The summed E-state index contributed by atoms with van der Waals surface area (Å²) >= 11 is 0. The summed E-state index contributed by atoms with van der Waals surface area (Å²) in [4.78, 5) is 47.6. The molecule has 0 fully saturated rings. The standard InChI is InChI=1S/C24H22N2O7/c1-2-33-21(27)14-20(16-9-11-19(12-10-16)26(31)32)22(24(29)30)25-23(28)18-8-7-15-5-3-4-6-17(15)13-18/h3-13,20,22H,2,14H2,1H3,(H,25,28)(H,29,30)/t20-,22+/m1/s1. The SMILES string of the molecule is CCOC(=O)C[C@H](c1ccc([N+](=O)[O-])cc1)[C@H](NC(=O)c1ccc2ccccc2c1)C(=O)O. The van der Waals surface area contributed by atoms with E-state index in [4.69, 9.17) is 4.74 Å². The molecule has 1 amide bonds. The van der Waals surface area contributed by atoms with E-state index >= 15 is 0 Å². The molecule has 33 heavy (non-hydrogen) atoms. The molecule has 9 heteroatoms. The Morgan fingerprint density at radius 1 is 1.03 bits per heavy atom. The van der Waals surface area contributed by atoms with Crippen molar-refractivity contribution in [3.8, 4) is 0 Å². The van der Waals surface area contributed by atoms with Crippen molar-refractivity contribution < 1.29 is 29.2 Å². The third-order valence-corrected chi connectivity index (χ3v) is 5.19. The van der Waals surface area contributed by atoms with Gasteiger partial charge in [-0.2, -0.15) is 0 Å². The molecule has 3 rings (SSSR count). The summed E-state index contributed by atoms with van der Waals surface area (Å²) in [5, 5.41) is 25.1. The van der Waals surface area contributed by atoms with E-state index in [1.165, 1.54) is 24.3 Å². The second kappa shape index (κ2) is 10.4. The van der Waals surface area contributed by atoms with Crippen molar-refractivity contribution in [3.05, 3.63) is 88.0 Å². The highest BCUT2D eigenvalue weighted by Gasteiger charge is 2.33. The highest BCUT2D eigenvalue weighted by Crippen LogP contribution is 2.27. The molecular weight excluding hydrogens is 428 g/mol. The lowest BCUT2D eigenvalue weighted by atomic mass is 9.88. The van der Waals surface area contributed by atoms with Crippen molar-refractivity contribution >= 4 is 34.3 Å². The van der Waals surface area contributed by atoms with Crippen LogP contribution in [0.1, 0.15) is 35.2 Å². The van der Waals surface area contributed by atoms with Crippen molar-refractivity contribution in [2.75, 3.05) is 6.61 Å². The summed E-state index contributed by atoms with van der Waals surface area (Å²) < 4.78 is 4.97. The number of esters is 1. The molecule has 3 aromatic carbocycles. The first-order valence-electron chi connectivity index (χ1n) is 10.2. The smallest absolute Gasteiger partial charge is 0.326 e. The van der Waals surface area contributed by atoms with Crippen LogP contribution < -0.4 is 5.32 Å². The summed E-state index contributed by atoms with van der Waals surface area (Å²) in [5.74, 6) is -3.63. The van der Waals surface area contributed by atoms with Crippen LogP contribution in [-0.2, 0) is 14.3 Å². The molecule has 2 N–H and O–H groups in total. The minimum atomic E-state index is -1.48. The maximum absolute atomic E-state index is 12.9. The number of non-ortho nitro benzene ring substituents is 1. The third-order valence-electron chi connectivity index (χ3n) is 5.19. The Morgan fingerprint density at radius 3 is 2.30 bits per heavy atom. The highest BCUT2D eigenvalue weighted by molar-refractivity contribution is 6.00. The van der Waals surface area contributed by atoms with Crippen molar-refractivity contribution in [1.29, 1.82) is 0 Å². The zero-order valence-electron chi connectivity index (χ0n) is 17.8. The molecule has 2 atom stereocenters. The van der Waals surface area contributed by atoms with Gasteiger partial charge in [0.25, 0.3) is 11.6 Å². The van der Waals surface area contributed by atoms with E-state index in [1.807, 2.05) is 24.3 Å². The summed E-state index contributed by atoms with van der Waals surface area (Å²) in [6.07, 6.45) is -0.333. The topological polar surface area (TPSA) is 136 Å². The van der Waals surface area contributed by atoms with Crippen molar-refractivity contribution in [2.24, 2.45) is 0 Å². The number of ether oxygens (including phenoxy) is 1. The molecule has 0 saturated carbocycles. The van der Waals surface area contributed by atoms with Gasteiger partial charge in [0.05, 0.1) is 18.0 Å². The molecular formula is C24H22N2O7. The molecule has 0 spiro atoms. The molecule has 0 bridgehead atoms. The van der Waals surface area contributed by atoms with Gasteiger partial charge in [-0.15, -0.1) is 0 Å². The van der Waals surface area contributed by atoms with E-state index < -0.39 is 34.7 Å². The lowest BCUT2D eigenvalue weighted by Gasteiger charge is -2.25. The van der Waals surface area contributed by atoms with Gasteiger partial charge >= 0.3 is 11.9 Å².